The topological polar surface area (TPSA) is 83.8 Å². The van der Waals surface area contributed by atoms with Gasteiger partial charge in [0, 0.05) is 41.1 Å². The highest BCUT2D eigenvalue weighted by atomic mass is 19.1. The van der Waals surface area contributed by atoms with Crippen molar-refractivity contribution in [2.75, 3.05) is 5.32 Å². The monoisotopic (exact) mass is 325 g/mol. The van der Waals surface area contributed by atoms with E-state index in [1.54, 1.807) is 18.6 Å². The molecule has 4 heterocycles. The number of H-pyrrole nitrogens is 1. The van der Waals surface area contributed by atoms with Gasteiger partial charge < -0.3 is 10.3 Å². The van der Waals surface area contributed by atoms with E-state index in [1.165, 1.54) is 16.9 Å². The molecular weight excluding hydrogens is 309 g/mol. The lowest BCUT2D eigenvalue weighted by Crippen LogP contribution is -2.15. The van der Waals surface area contributed by atoms with Gasteiger partial charge in [0.2, 0.25) is 5.95 Å². The molecule has 0 fully saturated rings. The minimum Gasteiger partial charge on any atom is -0.352 e. The molecule has 0 unspecified atom stereocenters. The number of fused-ring (bicyclic) bond motifs is 2. The number of anilines is 1. The van der Waals surface area contributed by atoms with E-state index in [0.717, 1.165) is 17.4 Å². The fourth-order valence-electron chi connectivity index (χ4n) is 2.57. The summed E-state index contributed by atoms with van der Waals surface area (Å²) in [4.78, 5) is 15.8. The largest absolute Gasteiger partial charge is 0.352 e. The fourth-order valence-corrected chi connectivity index (χ4v) is 2.57. The molecule has 4 aromatic rings. The summed E-state index contributed by atoms with van der Waals surface area (Å²) < 4.78 is 15.6. The fraction of sp³-hybridized carbons (Fsp3) is 0.250. The highest BCUT2D eigenvalue weighted by Gasteiger charge is 2.13. The summed E-state index contributed by atoms with van der Waals surface area (Å²) in [6.07, 6.45) is 7.58. The Morgan fingerprint density at radius 3 is 3.08 bits per heavy atom. The molecule has 7 nitrogen and oxygen atoms in total. The smallest absolute Gasteiger partial charge is 0.224 e. The molecule has 0 bridgehead atoms. The number of nitrogens with zero attached hydrogens (tertiary/aromatic N) is 5. The van der Waals surface area contributed by atoms with Crippen LogP contribution in [0.15, 0.2) is 31.0 Å². The molecule has 0 aliphatic rings. The summed E-state index contributed by atoms with van der Waals surface area (Å²) in [5.41, 5.74) is 2.40. The van der Waals surface area contributed by atoms with Crippen molar-refractivity contribution in [2.24, 2.45) is 0 Å². The van der Waals surface area contributed by atoms with Crippen molar-refractivity contribution >= 4 is 22.6 Å². The predicted octanol–water partition coefficient (Wildman–Crippen LogP) is 3.02. The van der Waals surface area contributed by atoms with Gasteiger partial charge in [0.1, 0.15) is 12.0 Å². The second kappa shape index (κ2) is 5.55. The summed E-state index contributed by atoms with van der Waals surface area (Å²) in [6, 6.07) is 1.73. The zero-order chi connectivity index (χ0) is 16.7. The average Bonchev–Trinajstić information content (AvgIpc) is 3.20. The minimum atomic E-state index is -0.421. The van der Waals surface area contributed by atoms with E-state index in [1.807, 2.05) is 0 Å². The third kappa shape index (κ3) is 2.36. The van der Waals surface area contributed by atoms with Gasteiger partial charge in [-0.15, -0.1) is 0 Å². The summed E-state index contributed by atoms with van der Waals surface area (Å²) in [5.74, 6) is 0.151. The molecule has 0 aliphatic heterocycles. The van der Waals surface area contributed by atoms with Crippen LogP contribution in [0.25, 0.3) is 27.8 Å². The number of rotatable bonds is 4. The molecule has 1 atom stereocenters. The van der Waals surface area contributed by atoms with E-state index in [4.69, 9.17) is 0 Å². The molecular formula is C16H16FN7. The zero-order valence-electron chi connectivity index (χ0n) is 13.3. The number of halogens is 1. The lowest BCUT2D eigenvalue weighted by Gasteiger charge is -2.10. The first-order valence-corrected chi connectivity index (χ1v) is 7.75. The van der Waals surface area contributed by atoms with Crippen LogP contribution in [0.2, 0.25) is 0 Å². The van der Waals surface area contributed by atoms with Crippen LogP contribution in [0.3, 0.4) is 0 Å². The summed E-state index contributed by atoms with van der Waals surface area (Å²) in [7, 11) is 0. The summed E-state index contributed by atoms with van der Waals surface area (Å²) in [5, 5.41) is 8.06. The summed E-state index contributed by atoms with van der Waals surface area (Å²) in [6.45, 7) is 4.17. The molecule has 0 aliphatic carbocycles. The Balaban J connectivity index is 1.78. The van der Waals surface area contributed by atoms with Crippen LogP contribution < -0.4 is 5.32 Å². The number of pyridine rings is 1. The molecule has 4 rings (SSSR count). The van der Waals surface area contributed by atoms with Gasteiger partial charge in [0.25, 0.3) is 0 Å². The molecule has 0 amide bonds. The Labute approximate surface area is 137 Å². The zero-order valence-corrected chi connectivity index (χ0v) is 13.3. The molecule has 122 valence electrons. The van der Waals surface area contributed by atoms with Crippen molar-refractivity contribution in [3.8, 4) is 11.1 Å². The Kier molecular flexibility index (Phi) is 3.37. The first-order chi connectivity index (χ1) is 11.7. The van der Waals surface area contributed by atoms with Crippen molar-refractivity contribution in [2.45, 2.75) is 26.3 Å². The van der Waals surface area contributed by atoms with Crippen LogP contribution in [-0.4, -0.2) is 35.6 Å². The average molecular weight is 325 g/mol. The number of aromatic amines is 1. The number of aromatic nitrogens is 6. The van der Waals surface area contributed by atoms with Crippen LogP contribution in [0, 0.1) is 5.82 Å². The number of nitrogens with one attached hydrogen (secondary N) is 2. The first kappa shape index (κ1) is 14.6. The third-order valence-electron chi connectivity index (χ3n) is 4.06. The van der Waals surface area contributed by atoms with Gasteiger partial charge in [0.15, 0.2) is 11.5 Å². The third-order valence-corrected chi connectivity index (χ3v) is 4.06. The van der Waals surface area contributed by atoms with Crippen LogP contribution in [0.1, 0.15) is 20.3 Å². The van der Waals surface area contributed by atoms with Crippen molar-refractivity contribution in [3.05, 3.63) is 36.8 Å². The molecule has 0 aromatic carbocycles. The molecule has 0 saturated heterocycles. The SMILES string of the molecule is CC[C@H](C)Nc1ncc2c(-c3cc(F)c4ncnn4c3)c[nH]c2n1. The second-order valence-corrected chi connectivity index (χ2v) is 5.72. The predicted molar refractivity (Wildman–Crippen MR) is 89.2 cm³/mol. The Hall–Kier alpha value is -3.03. The van der Waals surface area contributed by atoms with Gasteiger partial charge in [-0.1, -0.05) is 6.92 Å². The highest BCUT2D eigenvalue weighted by molar-refractivity contribution is 5.93. The number of hydrogen-bond donors (Lipinski definition) is 2. The maximum atomic E-state index is 14.1. The van der Waals surface area contributed by atoms with Crippen LogP contribution >= 0.6 is 0 Å². The van der Waals surface area contributed by atoms with Gasteiger partial charge >= 0.3 is 0 Å². The van der Waals surface area contributed by atoms with Gasteiger partial charge in [-0.2, -0.15) is 10.1 Å². The van der Waals surface area contributed by atoms with E-state index in [2.05, 4.69) is 44.2 Å². The van der Waals surface area contributed by atoms with E-state index in [9.17, 15) is 4.39 Å². The van der Waals surface area contributed by atoms with Crippen LogP contribution in [0.5, 0.6) is 0 Å². The van der Waals surface area contributed by atoms with Crippen molar-refractivity contribution in [3.63, 3.8) is 0 Å². The standard InChI is InChI=1S/C16H16FN7/c1-3-9(2)22-16-19-6-12-11(5-18-14(12)23-16)10-4-13(17)15-20-8-21-24(15)7-10/h4-9H,3H2,1-2H3,(H2,18,19,22,23)/t9-/m0/s1. The first-order valence-electron chi connectivity index (χ1n) is 7.75. The Morgan fingerprint density at radius 1 is 1.38 bits per heavy atom. The van der Waals surface area contributed by atoms with Crippen LogP contribution in [-0.2, 0) is 0 Å². The molecule has 24 heavy (non-hydrogen) atoms. The maximum Gasteiger partial charge on any atom is 0.224 e. The lowest BCUT2D eigenvalue weighted by molar-refractivity contribution is 0.628. The van der Waals surface area contributed by atoms with Gasteiger partial charge in [0.05, 0.1) is 0 Å². The quantitative estimate of drug-likeness (QED) is 0.602. The Bertz CT molecular complexity index is 1020. The maximum absolute atomic E-state index is 14.1. The normalized spacial score (nSPS) is 12.8. The molecule has 4 aromatic heterocycles. The van der Waals surface area contributed by atoms with Crippen molar-refractivity contribution in [1.29, 1.82) is 0 Å². The second-order valence-electron chi connectivity index (χ2n) is 5.72. The van der Waals surface area contributed by atoms with E-state index in [-0.39, 0.29) is 5.65 Å². The lowest BCUT2D eigenvalue weighted by atomic mass is 10.1. The summed E-state index contributed by atoms with van der Waals surface area (Å²) >= 11 is 0. The number of hydrogen-bond acceptors (Lipinski definition) is 5. The van der Waals surface area contributed by atoms with Crippen molar-refractivity contribution < 1.29 is 4.39 Å². The minimum absolute atomic E-state index is 0.204. The van der Waals surface area contributed by atoms with Gasteiger partial charge in [-0.3, -0.25) is 0 Å². The van der Waals surface area contributed by atoms with E-state index in [0.29, 0.717) is 23.2 Å². The molecule has 0 spiro atoms. The van der Waals surface area contributed by atoms with E-state index < -0.39 is 5.82 Å². The molecule has 8 heteroatoms. The molecule has 0 saturated carbocycles. The molecule has 0 radical (unpaired) electrons. The Morgan fingerprint density at radius 2 is 2.25 bits per heavy atom. The van der Waals surface area contributed by atoms with Gasteiger partial charge in [-0.05, 0) is 19.4 Å². The van der Waals surface area contributed by atoms with E-state index >= 15 is 0 Å². The van der Waals surface area contributed by atoms with Crippen LogP contribution in [0.4, 0.5) is 10.3 Å². The van der Waals surface area contributed by atoms with Gasteiger partial charge in [-0.25, -0.2) is 18.9 Å². The highest BCUT2D eigenvalue weighted by Crippen LogP contribution is 2.28. The molecule has 2 N–H and O–H groups in total. The van der Waals surface area contributed by atoms with Crippen molar-refractivity contribution in [1.82, 2.24) is 29.5 Å².